The van der Waals surface area contributed by atoms with Gasteiger partial charge in [0.05, 0.1) is 12.1 Å². The maximum atomic E-state index is 11.9. The van der Waals surface area contributed by atoms with Crippen molar-refractivity contribution >= 4 is 33.6 Å². The Labute approximate surface area is 154 Å². The van der Waals surface area contributed by atoms with Crippen LogP contribution in [0, 0.1) is 0 Å². The number of hydrogen-bond donors (Lipinski definition) is 1. The maximum absolute atomic E-state index is 11.9. The molecule has 25 heavy (non-hydrogen) atoms. The van der Waals surface area contributed by atoms with Crippen molar-refractivity contribution in [3.8, 4) is 11.5 Å². The normalized spacial score (nSPS) is 13.3. The summed E-state index contributed by atoms with van der Waals surface area (Å²) in [6.45, 7) is 2.08. The molecule has 1 amide bonds. The van der Waals surface area contributed by atoms with E-state index in [1.165, 1.54) is 0 Å². The molecule has 1 heterocycles. The van der Waals surface area contributed by atoms with Crippen LogP contribution in [0.15, 0.2) is 58.1 Å². The number of hydrazone groups is 1. The molecule has 0 aliphatic carbocycles. The van der Waals surface area contributed by atoms with E-state index in [2.05, 4.69) is 26.5 Å². The van der Waals surface area contributed by atoms with Gasteiger partial charge in [-0.25, -0.2) is 5.43 Å². The van der Waals surface area contributed by atoms with Crippen LogP contribution < -0.4 is 14.9 Å². The van der Waals surface area contributed by atoms with Crippen LogP contribution in [0.1, 0.15) is 18.1 Å². The van der Waals surface area contributed by atoms with E-state index in [1.54, 1.807) is 0 Å². The third-order valence-electron chi connectivity index (χ3n) is 3.55. The number of carbonyl (C=O) groups excluding carboxylic acids is 1. The zero-order valence-corrected chi connectivity index (χ0v) is 15.2. The highest BCUT2D eigenvalue weighted by Gasteiger charge is 2.12. The van der Waals surface area contributed by atoms with Gasteiger partial charge < -0.3 is 9.47 Å². The molecule has 6 heteroatoms. The van der Waals surface area contributed by atoms with E-state index in [0.717, 1.165) is 27.1 Å². The molecule has 0 spiro atoms. The number of nitrogens with zero attached hydrogens (tertiary/aromatic N) is 1. The first-order chi connectivity index (χ1) is 12.1. The van der Waals surface area contributed by atoms with Crippen LogP contribution in [-0.2, 0) is 11.2 Å². The van der Waals surface area contributed by atoms with E-state index in [0.29, 0.717) is 5.71 Å². The molecule has 2 aromatic rings. The number of fused-ring (bicyclic) bond motifs is 1. The number of hydrogen-bond acceptors (Lipinski definition) is 4. The number of ether oxygens (including phenoxy) is 2. The maximum Gasteiger partial charge on any atom is 0.244 e. The summed E-state index contributed by atoms with van der Waals surface area (Å²) in [6, 6.07) is 13.3. The minimum atomic E-state index is -0.154. The van der Waals surface area contributed by atoms with Crippen molar-refractivity contribution in [2.45, 2.75) is 13.3 Å². The minimum absolute atomic E-state index is 0.154. The molecule has 1 aliphatic rings. The van der Waals surface area contributed by atoms with Crippen LogP contribution in [0.25, 0.3) is 6.08 Å². The van der Waals surface area contributed by atoms with E-state index in [-0.39, 0.29) is 19.1 Å². The fraction of sp³-hybridized carbons (Fsp3) is 0.158. The third kappa shape index (κ3) is 4.93. The second-order valence-electron chi connectivity index (χ2n) is 5.54. The van der Waals surface area contributed by atoms with Crippen molar-refractivity contribution in [2.75, 3.05) is 6.79 Å². The van der Waals surface area contributed by atoms with Crippen LogP contribution in [0.2, 0.25) is 0 Å². The lowest BCUT2D eigenvalue weighted by Crippen LogP contribution is -2.20. The summed E-state index contributed by atoms with van der Waals surface area (Å²) in [7, 11) is 0. The molecule has 1 aliphatic heterocycles. The monoisotopic (exact) mass is 400 g/mol. The Morgan fingerprint density at radius 2 is 1.96 bits per heavy atom. The molecule has 0 radical (unpaired) electrons. The van der Waals surface area contributed by atoms with Gasteiger partial charge in [0.15, 0.2) is 11.5 Å². The van der Waals surface area contributed by atoms with Gasteiger partial charge in [0, 0.05) is 4.47 Å². The first kappa shape index (κ1) is 17.2. The average molecular weight is 401 g/mol. The molecule has 1 N–H and O–H groups in total. The van der Waals surface area contributed by atoms with Gasteiger partial charge in [-0.15, -0.1) is 0 Å². The molecule has 2 aromatic carbocycles. The van der Waals surface area contributed by atoms with E-state index in [4.69, 9.17) is 9.47 Å². The Balaban J connectivity index is 1.54. The second kappa shape index (κ2) is 7.98. The molecule has 0 fully saturated rings. The number of rotatable bonds is 5. The van der Waals surface area contributed by atoms with Crippen LogP contribution in [0.3, 0.4) is 0 Å². The van der Waals surface area contributed by atoms with Gasteiger partial charge in [-0.1, -0.05) is 40.2 Å². The standard InChI is InChI=1S/C19H17BrN2O3/c1-13(2-3-14-6-9-17-18(10-14)25-12-24-17)21-22-19(23)11-15-4-7-16(20)8-5-15/h2-10H,11-12H2,1H3,(H,22,23)/b3-2+,21-13-. The Morgan fingerprint density at radius 1 is 1.20 bits per heavy atom. The van der Waals surface area contributed by atoms with E-state index in [9.17, 15) is 4.79 Å². The fourth-order valence-electron chi connectivity index (χ4n) is 2.25. The van der Waals surface area contributed by atoms with E-state index >= 15 is 0 Å². The number of benzene rings is 2. The zero-order valence-electron chi connectivity index (χ0n) is 13.7. The Kier molecular flexibility index (Phi) is 5.50. The molecule has 0 atom stereocenters. The van der Waals surface area contributed by atoms with E-state index in [1.807, 2.05) is 61.5 Å². The van der Waals surface area contributed by atoms with Crippen LogP contribution in [-0.4, -0.2) is 18.4 Å². The molecule has 0 saturated carbocycles. The highest BCUT2D eigenvalue weighted by atomic mass is 79.9. The Morgan fingerprint density at radius 3 is 2.76 bits per heavy atom. The average Bonchev–Trinajstić information content (AvgIpc) is 3.08. The summed E-state index contributed by atoms with van der Waals surface area (Å²) < 4.78 is 11.6. The van der Waals surface area contributed by atoms with Gasteiger partial charge in [0.25, 0.3) is 0 Å². The van der Waals surface area contributed by atoms with Crippen LogP contribution in [0.4, 0.5) is 0 Å². The van der Waals surface area contributed by atoms with Crippen molar-refractivity contribution in [3.63, 3.8) is 0 Å². The van der Waals surface area contributed by atoms with Crippen molar-refractivity contribution in [1.82, 2.24) is 5.43 Å². The molecular weight excluding hydrogens is 384 g/mol. The lowest BCUT2D eigenvalue weighted by Gasteiger charge is -2.02. The number of allylic oxidation sites excluding steroid dienone is 1. The van der Waals surface area contributed by atoms with Crippen molar-refractivity contribution in [1.29, 1.82) is 0 Å². The smallest absolute Gasteiger partial charge is 0.244 e. The molecule has 5 nitrogen and oxygen atoms in total. The van der Waals surface area contributed by atoms with Gasteiger partial charge in [-0.2, -0.15) is 5.10 Å². The van der Waals surface area contributed by atoms with Gasteiger partial charge in [-0.3, -0.25) is 4.79 Å². The lowest BCUT2D eigenvalue weighted by molar-refractivity contribution is -0.120. The summed E-state index contributed by atoms with van der Waals surface area (Å²) in [4.78, 5) is 11.9. The molecule has 0 aromatic heterocycles. The predicted molar refractivity (Wildman–Crippen MR) is 101 cm³/mol. The first-order valence-electron chi connectivity index (χ1n) is 7.75. The van der Waals surface area contributed by atoms with Gasteiger partial charge in [0.2, 0.25) is 12.7 Å². The molecule has 0 saturated heterocycles. The molecule has 0 unspecified atom stereocenters. The van der Waals surface area contributed by atoms with Gasteiger partial charge in [0.1, 0.15) is 0 Å². The van der Waals surface area contributed by atoms with Crippen molar-refractivity contribution < 1.29 is 14.3 Å². The first-order valence-corrected chi connectivity index (χ1v) is 8.55. The Hall–Kier alpha value is -2.60. The quantitative estimate of drug-likeness (QED) is 0.610. The number of halogens is 1. The van der Waals surface area contributed by atoms with Crippen molar-refractivity contribution in [2.24, 2.45) is 5.10 Å². The molecule has 0 bridgehead atoms. The lowest BCUT2D eigenvalue weighted by atomic mass is 10.1. The van der Waals surface area contributed by atoms with Crippen LogP contribution >= 0.6 is 15.9 Å². The molecule has 128 valence electrons. The number of carbonyl (C=O) groups is 1. The summed E-state index contributed by atoms with van der Waals surface area (Å²) in [5.41, 5.74) is 5.17. The molecular formula is C19H17BrN2O3. The number of nitrogens with one attached hydrogen (secondary N) is 1. The summed E-state index contributed by atoms with van der Waals surface area (Å²) in [6.07, 6.45) is 4.02. The Bertz CT molecular complexity index is 829. The SMILES string of the molecule is CC(/C=C/c1ccc2c(c1)OCO2)=N/NC(=O)Cc1ccc(Br)cc1. The summed E-state index contributed by atoms with van der Waals surface area (Å²) >= 11 is 3.37. The van der Waals surface area contributed by atoms with Gasteiger partial charge >= 0.3 is 0 Å². The minimum Gasteiger partial charge on any atom is -0.454 e. The third-order valence-corrected chi connectivity index (χ3v) is 4.08. The second-order valence-corrected chi connectivity index (χ2v) is 6.45. The van der Waals surface area contributed by atoms with Gasteiger partial charge in [-0.05, 0) is 48.4 Å². The topological polar surface area (TPSA) is 59.9 Å². The molecule has 3 rings (SSSR count). The zero-order chi connectivity index (χ0) is 17.6. The largest absolute Gasteiger partial charge is 0.454 e. The fourth-order valence-corrected chi connectivity index (χ4v) is 2.51. The van der Waals surface area contributed by atoms with Crippen LogP contribution in [0.5, 0.6) is 11.5 Å². The van der Waals surface area contributed by atoms with E-state index < -0.39 is 0 Å². The van der Waals surface area contributed by atoms with Crippen molar-refractivity contribution in [3.05, 3.63) is 64.1 Å². The number of amides is 1. The highest BCUT2D eigenvalue weighted by molar-refractivity contribution is 9.10. The predicted octanol–water partition coefficient (Wildman–Crippen LogP) is 3.93. The summed E-state index contributed by atoms with van der Waals surface area (Å²) in [5, 5.41) is 4.09. The summed E-state index contributed by atoms with van der Waals surface area (Å²) in [5.74, 6) is 1.33. The highest BCUT2D eigenvalue weighted by Crippen LogP contribution is 2.32.